The van der Waals surface area contributed by atoms with Crippen molar-refractivity contribution < 1.29 is 18.4 Å². The maximum atomic E-state index is 14.2. The number of hydrogen-bond donors (Lipinski definition) is 1. The quantitative estimate of drug-likeness (QED) is 0.930. The van der Waals surface area contributed by atoms with Crippen LogP contribution in [-0.4, -0.2) is 35.8 Å². The summed E-state index contributed by atoms with van der Waals surface area (Å²) in [5.41, 5.74) is 0.667. The number of benzene rings is 2. The van der Waals surface area contributed by atoms with Crippen LogP contribution in [0.4, 0.5) is 8.78 Å². The molecule has 1 aliphatic heterocycles. The van der Waals surface area contributed by atoms with Gasteiger partial charge in [-0.25, -0.2) is 8.78 Å². The molecule has 25 heavy (non-hydrogen) atoms. The van der Waals surface area contributed by atoms with E-state index in [-0.39, 0.29) is 30.1 Å². The van der Waals surface area contributed by atoms with Crippen LogP contribution < -0.4 is 5.32 Å². The number of nitrogens with one attached hydrogen (secondary N) is 1. The molecule has 2 aromatic rings. The number of carbonyl (C=O) groups excluding carboxylic acids is 2. The van der Waals surface area contributed by atoms with Crippen LogP contribution >= 0.6 is 0 Å². The first-order chi connectivity index (χ1) is 12.0. The smallest absolute Gasteiger partial charge is 0.257 e. The molecular weight excluding hydrogens is 326 g/mol. The van der Waals surface area contributed by atoms with Crippen molar-refractivity contribution in [3.05, 3.63) is 70.8 Å². The zero-order valence-electron chi connectivity index (χ0n) is 13.8. The number of aryl methyl sites for hydroxylation is 1. The van der Waals surface area contributed by atoms with E-state index in [1.54, 1.807) is 0 Å². The molecule has 1 saturated heterocycles. The number of piperazine rings is 1. The largest absolute Gasteiger partial charge is 0.353 e. The van der Waals surface area contributed by atoms with Gasteiger partial charge in [-0.3, -0.25) is 9.59 Å². The van der Waals surface area contributed by atoms with Gasteiger partial charge in [-0.2, -0.15) is 0 Å². The van der Waals surface area contributed by atoms with Crippen LogP contribution in [0.3, 0.4) is 0 Å². The molecule has 0 aromatic heterocycles. The molecule has 1 aliphatic rings. The minimum absolute atomic E-state index is 0.131. The van der Waals surface area contributed by atoms with Gasteiger partial charge in [0.2, 0.25) is 5.91 Å². The second-order valence-electron chi connectivity index (χ2n) is 6.05. The highest BCUT2D eigenvalue weighted by molar-refractivity contribution is 5.98. The average Bonchev–Trinajstić information content (AvgIpc) is 2.62. The maximum Gasteiger partial charge on any atom is 0.257 e. The summed E-state index contributed by atoms with van der Waals surface area (Å²) >= 11 is 0. The van der Waals surface area contributed by atoms with Crippen LogP contribution in [0.25, 0.3) is 0 Å². The molecule has 1 unspecified atom stereocenters. The molecule has 0 spiro atoms. The van der Waals surface area contributed by atoms with E-state index in [1.807, 2.05) is 30.3 Å². The highest BCUT2D eigenvalue weighted by Gasteiger charge is 2.35. The Balaban J connectivity index is 1.91. The Morgan fingerprint density at radius 1 is 1.16 bits per heavy atom. The SMILES string of the molecule is Cc1ccc(C(=O)N2CCNC(=O)C2Cc2ccccc2)c(F)c1F. The molecule has 0 bridgehead atoms. The second-order valence-corrected chi connectivity index (χ2v) is 6.05. The highest BCUT2D eigenvalue weighted by Crippen LogP contribution is 2.20. The summed E-state index contributed by atoms with van der Waals surface area (Å²) in [4.78, 5) is 26.4. The lowest BCUT2D eigenvalue weighted by molar-refractivity contribution is -0.127. The van der Waals surface area contributed by atoms with Crippen molar-refractivity contribution in [2.75, 3.05) is 13.1 Å². The van der Waals surface area contributed by atoms with E-state index in [4.69, 9.17) is 0 Å². The Morgan fingerprint density at radius 2 is 1.88 bits per heavy atom. The molecular formula is C19H18F2N2O2. The van der Waals surface area contributed by atoms with E-state index in [0.717, 1.165) is 5.56 Å². The lowest BCUT2D eigenvalue weighted by atomic mass is 10.0. The number of amides is 2. The lowest BCUT2D eigenvalue weighted by Gasteiger charge is -2.35. The first-order valence-electron chi connectivity index (χ1n) is 8.06. The number of nitrogens with zero attached hydrogens (tertiary/aromatic N) is 1. The monoisotopic (exact) mass is 344 g/mol. The third-order valence-electron chi connectivity index (χ3n) is 4.37. The minimum atomic E-state index is -1.17. The van der Waals surface area contributed by atoms with Crippen molar-refractivity contribution in [2.24, 2.45) is 0 Å². The van der Waals surface area contributed by atoms with E-state index >= 15 is 0 Å². The van der Waals surface area contributed by atoms with Crippen molar-refractivity contribution in [1.82, 2.24) is 10.2 Å². The van der Waals surface area contributed by atoms with E-state index in [9.17, 15) is 18.4 Å². The van der Waals surface area contributed by atoms with Gasteiger partial charge < -0.3 is 10.2 Å². The molecule has 130 valence electrons. The Bertz CT molecular complexity index is 809. The summed E-state index contributed by atoms with van der Waals surface area (Å²) < 4.78 is 28.0. The molecule has 0 saturated carbocycles. The first kappa shape index (κ1) is 17.1. The lowest BCUT2D eigenvalue weighted by Crippen LogP contribution is -2.58. The van der Waals surface area contributed by atoms with Crippen molar-refractivity contribution in [3.63, 3.8) is 0 Å². The summed E-state index contributed by atoms with van der Waals surface area (Å²) in [6.07, 6.45) is 0.314. The van der Waals surface area contributed by atoms with E-state index in [1.165, 1.54) is 24.0 Å². The van der Waals surface area contributed by atoms with Crippen molar-refractivity contribution in [3.8, 4) is 0 Å². The van der Waals surface area contributed by atoms with Crippen molar-refractivity contribution in [2.45, 2.75) is 19.4 Å². The zero-order chi connectivity index (χ0) is 18.0. The second kappa shape index (κ2) is 7.01. The Morgan fingerprint density at radius 3 is 2.60 bits per heavy atom. The normalized spacial score (nSPS) is 17.3. The molecule has 0 radical (unpaired) electrons. The number of halogens is 2. The van der Waals surface area contributed by atoms with Crippen LogP contribution in [0.2, 0.25) is 0 Å². The fraction of sp³-hybridized carbons (Fsp3) is 0.263. The minimum Gasteiger partial charge on any atom is -0.353 e. The van der Waals surface area contributed by atoms with Crippen LogP contribution in [0, 0.1) is 18.6 Å². The van der Waals surface area contributed by atoms with Gasteiger partial charge in [0.15, 0.2) is 11.6 Å². The third-order valence-corrected chi connectivity index (χ3v) is 4.37. The van der Waals surface area contributed by atoms with Gasteiger partial charge in [0.1, 0.15) is 6.04 Å². The van der Waals surface area contributed by atoms with Gasteiger partial charge in [-0.05, 0) is 24.1 Å². The molecule has 1 fully saturated rings. The van der Waals surface area contributed by atoms with Crippen molar-refractivity contribution >= 4 is 11.8 Å². The topological polar surface area (TPSA) is 49.4 Å². The molecule has 1 N–H and O–H groups in total. The molecule has 1 heterocycles. The van der Waals surface area contributed by atoms with E-state index < -0.39 is 23.6 Å². The van der Waals surface area contributed by atoms with E-state index in [2.05, 4.69) is 5.32 Å². The van der Waals surface area contributed by atoms with Crippen LogP contribution in [-0.2, 0) is 11.2 Å². The fourth-order valence-corrected chi connectivity index (χ4v) is 2.96. The maximum absolute atomic E-state index is 14.2. The van der Waals surface area contributed by atoms with Crippen LogP contribution in [0.5, 0.6) is 0 Å². The van der Waals surface area contributed by atoms with E-state index in [0.29, 0.717) is 6.42 Å². The van der Waals surface area contributed by atoms with Gasteiger partial charge in [0.05, 0.1) is 5.56 Å². The van der Waals surface area contributed by atoms with Gasteiger partial charge in [0.25, 0.3) is 5.91 Å². The van der Waals surface area contributed by atoms with Crippen molar-refractivity contribution in [1.29, 1.82) is 0 Å². The van der Waals surface area contributed by atoms with Gasteiger partial charge in [0, 0.05) is 19.5 Å². The number of hydrogen-bond acceptors (Lipinski definition) is 2. The Kier molecular flexibility index (Phi) is 4.79. The molecule has 2 amide bonds. The van der Waals surface area contributed by atoms with Gasteiger partial charge in [-0.15, -0.1) is 0 Å². The Labute approximate surface area is 144 Å². The van der Waals surface area contributed by atoms with Crippen LogP contribution in [0.15, 0.2) is 42.5 Å². The predicted molar refractivity (Wildman–Crippen MR) is 89.1 cm³/mol. The van der Waals surface area contributed by atoms with Gasteiger partial charge in [-0.1, -0.05) is 36.4 Å². The highest BCUT2D eigenvalue weighted by atomic mass is 19.2. The summed E-state index contributed by atoms with van der Waals surface area (Å²) in [6, 6.07) is 11.1. The zero-order valence-corrected chi connectivity index (χ0v) is 13.8. The molecule has 2 aromatic carbocycles. The summed E-state index contributed by atoms with van der Waals surface area (Å²) in [5.74, 6) is -3.18. The molecule has 6 heteroatoms. The molecule has 3 rings (SSSR count). The van der Waals surface area contributed by atoms with Crippen LogP contribution in [0.1, 0.15) is 21.5 Å². The average molecular weight is 344 g/mol. The first-order valence-corrected chi connectivity index (χ1v) is 8.06. The molecule has 0 aliphatic carbocycles. The predicted octanol–water partition coefficient (Wildman–Crippen LogP) is 2.46. The fourth-order valence-electron chi connectivity index (χ4n) is 2.96. The molecule has 1 atom stereocenters. The summed E-state index contributed by atoms with van der Waals surface area (Å²) in [5, 5.41) is 2.72. The molecule has 4 nitrogen and oxygen atoms in total. The Hall–Kier alpha value is -2.76. The van der Waals surface area contributed by atoms with Gasteiger partial charge >= 0.3 is 0 Å². The standard InChI is InChI=1S/C19H18F2N2O2/c1-12-7-8-14(17(21)16(12)20)19(25)23-10-9-22-18(24)15(23)11-13-5-3-2-4-6-13/h2-8,15H,9-11H2,1H3,(H,22,24). The summed E-state index contributed by atoms with van der Waals surface area (Å²) in [6.45, 7) is 1.96. The summed E-state index contributed by atoms with van der Waals surface area (Å²) in [7, 11) is 0. The number of rotatable bonds is 3. The number of carbonyl (C=O) groups is 2. The third kappa shape index (κ3) is 3.38.